The summed E-state index contributed by atoms with van der Waals surface area (Å²) in [4.78, 5) is 12.5. The predicted octanol–water partition coefficient (Wildman–Crippen LogP) is 0.429. The summed E-state index contributed by atoms with van der Waals surface area (Å²) >= 11 is 0. The molecule has 14 heavy (non-hydrogen) atoms. The number of nitrogens with zero attached hydrogens (tertiary/aromatic N) is 4. The highest BCUT2D eigenvalue weighted by molar-refractivity contribution is 5.21. The van der Waals surface area contributed by atoms with Gasteiger partial charge in [0.2, 0.25) is 0 Å². The van der Waals surface area contributed by atoms with E-state index in [0.29, 0.717) is 6.54 Å². The van der Waals surface area contributed by atoms with E-state index in [9.17, 15) is 0 Å². The van der Waals surface area contributed by atoms with E-state index in [1.54, 1.807) is 18.6 Å². The second-order valence-electron chi connectivity index (χ2n) is 2.91. The molecule has 0 atom stereocenters. The van der Waals surface area contributed by atoms with Crippen LogP contribution in [0.25, 0.3) is 5.82 Å². The maximum Gasteiger partial charge on any atom is 0.156 e. The van der Waals surface area contributed by atoms with E-state index in [0.717, 1.165) is 17.3 Å². The van der Waals surface area contributed by atoms with Crippen LogP contribution in [0.4, 0.5) is 0 Å². The predicted molar refractivity (Wildman–Crippen MR) is 51.8 cm³/mol. The molecule has 0 fully saturated rings. The van der Waals surface area contributed by atoms with Crippen LogP contribution < -0.4 is 5.73 Å². The normalized spacial score (nSPS) is 10.4. The van der Waals surface area contributed by atoms with Crippen LogP contribution in [0.5, 0.6) is 0 Å². The quantitative estimate of drug-likeness (QED) is 0.743. The lowest BCUT2D eigenvalue weighted by molar-refractivity contribution is 0.888. The Morgan fingerprint density at radius 1 is 1.29 bits per heavy atom. The van der Waals surface area contributed by atoms with E-state index in [4.69, 9.17) is 5.73 Å². The second-order valence-corrected chi connectivity index (χ2v) is 2.91. The lowest BCUT2D eigenvalue weighted by atomic mass is 10.4. The number of aryl methyl sites for hydroxylation is 1. The van der Waals surface area contributed by atoms with Gasteiger partial charge in [0.25, 0.3) is 0 Å². The molecule has 2 N–H and O–H groups in total. The van der Waals surface area contributed by atoms with Crippen LogP contribution in [0.1, 0.15) is 11.5 Å². The molecule has 0 amide bonds. The van der Waals surface area contributed by atoms with E-state index >= 15 is 0 Å². The van der Waals surface area contributed by atoms with Crippen LogP contribution in [-0.4, -0.2) is 19.5 Å². The Balaban J connectivity index is 2.39. The average molecular weight is 189 g/mol. The molecule has 2 aromatic heterocycles. The van der Waals surface area contributed by atoms with Crippen molar-refractivity contribution in [3.05, 3.63) is 36.3 Å². The van der Waals surface area contributed by atoms with Crippen LogP contribution >= 0.6 is 0 Å². The van der Waals surface area contributed by atoms with Gasteiger partial charge >= 0.3 is 0 Å². The van der Waals surface area contributed by atoms with Gasteiger partial charge in [0.1, 0.15) is 5.82 Å². The first-order valence-corrected chi connectivity index (χ1v) is 4.32. The van der Waals surface area contributed by atoms with E-state index in [-0.39, 0.29) is 0 Å². The third-order valence-corrected chi connectivity index (χ3v) is 1.97. The molecule has 0 radical (unpaired) electrons. The van der Waals surface area contributed by atoms with Gasteiger partial charge < -0.3 is 5.73 Å². The Morgan fingerprint density at radius 3 is 2.64 bits per heavy atom. The van der Waals surface area contributed by atoms with Gasteiger partial charge in [0.05, 0.1) is 18.1 Å². The third kappa shape index (κ3) is 1.49. The maximum absolute atomic E-state index is 5.43. The summed E-state index contributed by atoms with van der Waals surface area (Å²) in [6, 6.07) is 0. The summed E-state index contributed by atoms with van der Waals surface area (Å²) in [5.74, 6) is 1.65. The zero-order valence-electron chi connectivity index (χ0n) is 7.88. The first-order chi connectivity index (χ1) is 6.81. The lowest BCUT2D eigenvalue weighted by Crippen LogP contribution is -2.04. The minimum atomic E-state index is 0.413. The molecule has 0 aliphatic carbocycles. The van der Waals surface area contributed by atoms with Crippen LogP contribution in [0.2, 0.25) is 0 Å². The highest BCUT2D eigenvalue weighted by Crippen LogP contribution is 2.05. The minimum Gasteiger partial charge on any atom is -0.325 e. The molecule has 2 heterocycles. The lowest BCUT2D eigenvalue weighted by Gasteiger charge is -2.03. The van der Waals surface area contributed by atoms with E-state index in [2.05, 4.69) is 15.0 Å². The molecular formula is C9H11N5. The Labute approximate surface area is 81.6 Å². The fraction of sp³-hybridized carbons (Fsp3) is 0.222. The van der Waals surface area contributed by atoms with Crippen molar-refractivity contribution in [1.82, 2.24) is 19.5 Å². The van der Waals surface area contributed by atoms with Crippen LogP contribution in [0.15, 0.2) is 24.8 Å². The monoisotopic (exact) mass is 189 g/mol. The SMILES string of the molecule is Cc1nccn1-c1cnc(CN)cn1. The van der Waals surface area contributed by atoms with Crippen molar-refractivity contribution in [2.45, 2.75) is 13.5 Å². The maximum atomic E-state index is 5.43. The molecule has 0 saturated heterocycles. The topological polar surface area (TPSA) is 69.6 Å². The van der Waals surface area contributed by atoms with Crippen LogP contribution in [-0.2, 0) is 6.54 Å². The summed E-state index contributed by atoms with van der Waals surface area (Å²) < 4.78 is 1.87. The standard InChI is InChI=1S/C9H11N5/c1-7-11-2-3-14(7)9-6-12-8(4-10)5-13-9/h2-3,5-6H,4,10H2,1H3. The van der Waals surface area contributed by atoms with Gasteiger partial charge in [-0.25, -0.2) is 9.97 Å². The van der Waals surface area contributed by atoms with Crippen molar-refractivity contribution >= 4 is 0 Å². The number of nitrogens with two attached hydrogens (primary N) is 1. The third-order valence-electron chi connectivity index (χ3n) is 1.97. The molecular weight excluding hydrogens is 178 g/mol. The average Bonchev–Trinajstić information content (AvgIpc) is 2.65. The highest BCUT2D eigenvalue weighted by atomic mass is 15.1. The van der Waals surface area contributed by atoms with Crippen molar-refractivity contribution in [3.8, 4) is 5.82 Å². The molecule has 0 aromatic carbocycles. The van der Waals surface area contributed by atoms with Gasteiger partial charge in [-0.05, 0) is 6.92 Å². The number of rotatable bonds is 2. The molecule has 0 aliphatic heterocycles. The molecule has 0 spiro atoms. The molecule has 5 nitrogen and oxygen atoms in total. The van der Waals surface area contributed by atoms with Gasteiger partial charge in [0, 0.05) is 18.9 Å². The van der Waals surface area contributed by atoms with Gasteiger partial charge in [-0.1, -0.05) is 0 Å². The van der Waals surface area contributed by atoms with E-state index < -0.39 is 0 Å². The van der Waals surface area contributed by atoms with Gasteiger partial charge in [-0.15, -0.1) is 0 Å². The summed E-state index contributed by atoms with van der Waals surface area (Å²) in [6.07, 6.45) is 6.95. The molecule has 0 unspecified atom stereocenters. The van der Waals surface area contributed by atoms with Gasteiger partial charge in [0.15, 0.2) is 5.82 Å². The molecule has 2 rings (SSSR count). The first kappa shape index (κ1) is 8.83. The number of aromatic nitrogens is 4. The van der Waals surface area contributed by atoms with Crippen molar-refractivity contribution in [1.29, 1.82) is 0 Å². The summed E-state index contributed by atoms with van der Waals surface area (Å²) in [5, 5.41) is 0. The molecule has 0 bridgehead atoms. The van der Waals surface area contributed by atoms with Crippen LogP contribution in [0.3, 0.4) is 0 Å². The van der Waals surface area contributed by atoms with Crippen molar-refractivity contribution in [2.24, 2.45) is 5.73 Å². The second kappa shape index (κ2) is 3.55. The van der Waals surface area contributed by atoms with Crippen LogP contribution in [0, 0.1) is 6.92 Å². The molecule has 2 aromatic rings. The Kier molecular flexibility index (Phi) is 2.24. The smallest absolute Gasteiger partial charge is 0.156 e. The van der Waals surface area contributed by atoms with Gasteiger partial charge in [-0.3, -0.25) is 9.55 Å². The van der Waals surface area contributed by atoms with E-state index in [1.165, 1.54) is 0 Å². The number of hydrogen-bond donors (Lipinski definition) is 1. The zero-order chi connectivity index (χ0) is 9.97. The number of hydrogen-bond acceptors (Lipinski definition) is 4. The Bertz CT molecular complexity index is 417. The highest BCUT2D eigenvalue weighted by Gasteiger charge is 2.01. The van der Waals surface area contributed by atoms with Crippen molar-refractivity contribution < 1.29 is 0 Å². The Hall–Kier alpha value is -1.75. The first-order valence-electron chi connectivity index (χ1n) is 4.32. The van der Waals surface area contributed by atoms with Gasteiger partial charge in [-0.2, -0.15) is 0 Å². The molecule has 5 heteroatoms. The minimum absolute atomic E-state index is 0.413. The van der Waals surface area contributed by atoms with E-state index in [1.807, 2.05) is 17.7 Å². The summed E-state index contributed by atoms with van der Waals surface area (Å²) in [7, 11) is 0. The fourth-order valence-corrected chi connectivity index (χ4v) is 1.20. The molecule has 0 saturated carbocycles. The Morgan fingerprint density at radius 2 is 2.14 bits per heavy atom. The molecule has 72 valence electrons. The summed E-state index contributed by atoms with van der Waals surface area (Å²) in [5.41, 5.74) is 6.21. The summed E-state index contributed by atoms with van der Waals surface area (Å²) in [6.45, 7) is 2.33. The van der Waals surface area contributed by atoms with Crippen molar-refractivity contribution in [2.75, 3.05) is 0 Å². The number of imidazole rings is 1. The molecule has 0 aliphatic rings. The largest absolute Gasteiger partial charge is 0.325 e. The zero-order valence-corrected chi connectivity index (χ0v) is 7.88. The fourth-order valence-electron chi connectivity index (χ4n) is 1.20. The van der Waals surface area contributed by atoms with Crippen molar-refractivity contribution in [3.63, 3.8) is 0 Å².